The van der Waals surface area contributed by atoms with Crippen LogP contribution in [0.15, 0.2) is 36.4 Å². The van der Waals surface area contributed by atoms with Crippen molar-refractivity contribution in [3.05, 3.63) is 57.6 Å². The first-order chi connectivity index (χ1) is 10.4. The molecule has 5 heteroatoms. The van der Waals surface area contributed by atoms with E-state index in [4.69, 9.17) is 23.2 Å². The van der Waals surface area contributed by atoms with Gasteiger partial charge in [-0.1, -0.05) is 49.2 Å². The van der Waals surface area contributed by atoms with Gasteiger partial charge in [-0.15, -0.1) is 0 Å². The van der Waals surface area contributed by atoms with Crippen LogP contribution in [-0.4, -0.2) is 11.0 Å². The fourth-order valence-corrected chi connectivity index (χ4v) is 2.52. The number of rotatable bonds is 4. The molecule has 116 valence electrons. The predicted octanol–water partition coefficient (Wildman–Crippen LogP) is 5.46. The van der Waals surface area contributed by atoms with Crippen LogP contribution in [0.2, 0.25) is 10.0 Å². The lowest BCUT2D eigenvalue weighted by atomic mass is 9.98. The number of nitrogens with one attached hydrogen (secondary N) is 1. The Morgan fingerprint density at radius 2 is 1.73 bits per heavy atom. The maximum Gasteiger partial charge on any atom is 0.255 e. The van der Waals surface area contributed by atoms with Gasteiger partial charge in [-0.25, -0.2) is 0 Å². The number of phenolic OH excluding ortho intramolecular Hbond substituents is 1. The van der Waals surface area contributed by atoms with Gasteiger partial charge in [0, 0.05) is 11.3 Å². The quantitative estimate of drug-likeness (QED) is 0.777. The summed E-state index contributed by atoms with van der Waals surface area (Å²) in [6, 6.07) is 10.5. The van der Waals surface area contributed by atoms with E-state index in [-0.39, 0.29) is 21.7 Å². The van der Waals surface area contributed by atoms with Crippen LogP contribution in [-0.2, 0) is 0 Å². The molecule has 2 rings (SSSR count). The highest BCUT2D eigenvalue weighted by Gasteiger charge is 2.13. The third-order valence-corrected chi connectivity index (χ3v) is 4.21. The fraction of sp³-hybridized carbons (Fsp3) is 0.235. The zero-order chi connectivity index (χ0) is 16.3. The van der Waals surface area contributed by atoms with Crippen molar-refractivity contribution in [1.29, 1.82) is 0 Å². The van der Waals surface area contributed by atoms with Gasteiger partial charge in [0.05, 0.1) is 10.0 Å². The van der Waals surface area contributed by atoms with Crippen molar-refractivity contribution in [1.82, 2.24) is 0 Å². The number of amides is 1. The van der Waals surface area contributed by atoms with Crippen molar-refractivity contribution in [2.24, 2.45) is 0 Å². The fourth-order valence-electron chi connectivity index (χ4n) is 2.03. The van der Waals surface area contributed by atoms with Crippen molar-refractivity contribution in [3.63, 3.8) is 0 Å². The lowest BCUT2D eigenvalue weighted by molar-refractivity contribution is 0.102. The second-order valence-corrected chi connectivity index (χ2v) is 5.99. The molecule has 2 aromatic carbocycles. The van der Waals surface area contributed by atoms with E-state index in [0.717, 1.165) is 6.42 Å². The van der Waals surface area contributed by atoms with Gasteiger partial charge >= 0.3 is 0 Å². The third kappa shape index (κ3) is 3.73. The molecule has 2 N–H and O–H groups in total. The molecule has 1 atom stereocenters. The van der Waals surface area contributed by atoms with Gasteiger partial charge in [-0.2, -0.15) is 0 Å². The van der Waals surface area contributed by atoms with Gasteiger partial charge in [0.15, 0.2) is 5.75 Å². The summed E-state index contributed by atoms with van der Waals surface area (Å²) in [5.74, 6) is -0.0719. The van der Waals surface area contributed by atoms with Crippen LogP contribution < -0.4 is 5.32 Å². The molecular weight excluding hydrogens is 321 g/mol. The van der Waals surface area contributed by atoms with Crippen LogP contribution in [0.3, 0.4) is 0 Å². The van der Waals surface area contributed by atoms with Crippen LogP contribution in [0.4, 0.5) is 5.69 Å². The molecule has 0 heterocycles. The normalized spacial score (nSPS) is 12.0. The van der Waals surface area contributed by atoms with Crippen LogP contribution >= 0.6 is 23.2 Å². The first-order valence-electron chi connectivity index (χ1n) is 7.01. The SMILES string of the molecule is CCC(C)c1ccc(NC(=O)c2cc(Cl)c(O)c(Cl)c2)cc1. The number of phenols is 1. The first kappa shape index (κ1) is 16.7. The Morgan fingerprint density at radius 1 is 1.18 bits per heavy atom. The van der Waals surface area contributed by atoms with E-state index in [1.54, 1.807) is 0 Å². The van der Waals surface area contributed by atoms with Gasteiger partial charge in [0.1, 0.15) is 0 Å². The molecule has 0 spiro atoms. The van der Waals surface area contributed by atoms with Crippen LogP contribution in [0.1, 0.15) is 42.1 Å². The van der Waals surface area contributed by atoms with Crippen molar-refractivity contribution < 1.29 is 9.90 Å². The zero-order valence-corrected chi connectivity index (χ0v) is 13.9. The minimum Gasteiger partial charge on any atom is -0.505 e. The monoisotopic (exact) mass is 337 g/mol. The number of carbonyl (C=O) groups is 1. The average molecular weight is 338 g/mol. The van der Waals surface area contributed by atoms with E-state index in [2.05, 4.69) is 19.2 Å². The summed E-state index contributed by atoms with van der Waals surface area (Å²) in [5.41, 5.74) is 2.22. The van der Waals surface area contributed by atoms with Crippen molar-refractivity contribution in [2.75, 3.05) is 5.32 Å². The highest BCUT2D eigenvalue weighted by molar-refractivity contribution is 6.37. The van der Waals surface area contributed by atoms with Crippen molar-refractivity contribution in [3.8, 4) is 5.75 Å². The van der Waals surface area contributed by atoms with E-state index >= 15 is 0 Å². The number of carbonyl (C=O) groups excluding carboxylic acids is 1. The second kappa shape index (κ2) is 7.03. The summed E-state index contributed by atoms with van der Waals surface area (Å²) in [4.78, 5) is 12.2. The predicted molar refractivity (Wildman–Crippen MR) is 91.2 cm³/mol. The summed E-state index contributed by atoms with van der Waals surface area (Å²) < 4.78 is 0. The van der Waals surface area contributed by atoms with Crippen LogP contribution in [0.5, 0.6) is 5.75 Å². The number of hydrogen-bond acceptors (Lipinski definition) is 2. The van der Waals surface area contributed by atoms with E-state index in [1.807, 2.05) is 24.3 Å². The Hall–Kier alpha value is -1.71. The van der Waals surface area contributed by atoms with Crippen LogP contribution in [0.25, 0.3) is 0 Å². The summed E-state index contributed by atoms with van der Waals surface area (Å²) in [7, 11) is 0. The molecule has 0 radical (unpaired) electrons. The van der Waals surface area contributed by atoms with Gasteiger partial charge in [-0.05, 0) is 42.2 Å². The molecule has 1 unspecified atom stereocenters. The van der Waals surface area contributed by atoms with E-state index in [9.17, 15) is 9.90 Å². The molecule has 1 amide bonds. The molecule has 3 nitrogen and oxygen atoms in total. The van der Waals surface area contributed by atoms with Crippen LogP contribution in [0, 0.1) is 0 Å². The molecule has 0 aliphatic heterocycles. The highest BCUT2D eigenvalue weighted by Crippen LogP contribution is 2.33. The Bertz CT molecular complexity index is 661. The molecular formula is C17H17Cl2NO2. The number of anilines is 1. The maximum absolute atomic E-state index is 12.2. The lowest BCUT2D eigenvalue weighted by Gasteiger charge is -2.11. The number of benzene rings is 2. The number of aromatic hydroxyl groups is 1. The molecule has 0 fully saturated rings. The lowest BCUT2D eigenvalue weighted by Crippen LogP contribution is -2.12. The Balaban J connectivity index is 2.15. The minimum atomic E-state index is -0.333. The summed E-state index contributed by atoms with van der Waals surface area (Å²) in [6.07, 6.45) is 1.07. The maximum atomic E-state index is 12.2. The molecule has 0 saturated carbocycles. The number of halogens is 2. The summed E-state index contributed by atoms with van der Waals surface area (Å²) in [6.45, 7) is 4.30. The molecule has 0 aliphatic rings. The third-order valence-electron chi connectivity index (χ3n) is 3.63. The summed E-state index contributed by atoms with van der Waals surface area (Å²) in [5, 5.41) is 12.4. The van der Waals surface area contributed by atoms with Gasteiger partial charge in [-0.3, -0.25) is 4.79 Å². The van der Waals surface area contributed by atoms with E-state index in [0.29, 0.717) is 17.2 Å². The first-order valence-corrected chi connectivity index (χ1v) is 7.77. The Morgan fingerprint density at radius 3 is 2.23 bits per heavy atom. The molecule has 0 aliphatic carbocycles. The largest absolute Gasteiger partial charge is 0.505 e. The zero-order valence-electron chi connectivity index (χ0n) is 12.4. The van der Waals surface area contributed by atoms with Crippen molar-refractivity contribution in [2.45, 2.75) is 26.2 Å². The Labute approximate surface area is 139 Å². The summed E-state index contributed by atoms with van der Waals surface area (Å²) >= 11 is 11.6. The van der Waals surface area contributed by atoms with Gasteiger partial charge < -0.3 is 10.4 Å². The highest BCUT2D eigenvalue weighted by atomic mass is 35.5. The molecule has 0 aromatic heterocycles. The molecule has 0 bridgehead atoms. The van der Waals surface area contributed by atoms with E-state index < -0.39 is 0 Å². The minimum absolute atomic E-state index is 0.0461. The Kier molecular flexibility index (Phi) is 5.33. The van der Waals surface area contributed by atoms with E-state index in [1.165, 1.54) is 17.7 Å². The van der Waals surface area contributed by atoms with Gasteiger partial charge in [0.25, 0.3) is 5.91 Å². The molecule has 22 heavy (non-hydrogen) atoms. The van der Waals surface area contributed by atoms with Gasteiger partial charge in [0.2, 0.25) is 0 Å². The standard InChI is InChI=1S/C17H17Cl2NO2/c1-3-10(2)11-4-6-13(7-5-11)20-17(22)12-8-14(18)16(21)15(19)9-12/h4-10,21H,3H2,1-2H3,(H,20,22). The molecule has 2 aromatic rings. The number of hydrogen-bond donors (Lipinski definition) is 2. The second-order valence-electron chi connectivity index (χ2n) is 5.17. The topological polar surface area (TPSA) is 49.3 Å². The average Bonchev–Trinajstić information content (AvgIpc) is 2.52. The molecule has 0 saturated heterocycles. The van der Waals surface area contributed by atoms with Crippen molar-refractivity contribution >= 4 is 34.8 Å². The smallest absolute Gasteiger partial charge is 0.255 e.